The van der Waals surface area contributed by atoms with Crippen LogP contribution in [-0.2, 0) is 0 Å². The van der Waals surface area contributed by atoms with Gasteiger partial charge in [-0.25, -0.2) is 0 Å². The predicted octanol–water partition coefficient (Wildman–Crippen LogP) is 4.12. The third-order valence-electron chi connectivity index (χ3n) is 5.07. The van der Waals surface area contributed by atoms with Crippen molar-refractivity contribution in [2.24, 2.45) is 0 Å². The molecule has 0 aromatic heterocycles. The van der Waals surface area contributed by atoms with Crippen LogP contribution in [0, 0.1) is 22.7 Å². The number of benzene rings is 1. The van der Waals surface area contributed by atoms with Crippen LogP contribution in [0.25, 0.3) is 0 Å². The highest BCUT2D eigenvalue weighted by atomic mass is 15.3. The van der Waals surface area contributed by atoms with Gasteiger partial charge in [0.25, 0.3) is 0 Å². The van der Waals surface area contributed by atoms with Crippen LogP contribution in [0.5, 0.6) is 0 Å². The molecule has 4 nitrogen and oxygen atoms in total. The average Bonchev–Trinajstić information content (AvgIpc) is 2.64. The van der Waals surface area contributed by atoms with Gasteiger partial charge in [0.1, 0.15) is 0 Å². The maximum Gasteiger partial charge on any atom is 0.0621 e. The van der Waals surface area contributed by atoms with Crippen LogP contribution in [0.1, 0.15) is 57.1 Å². The first-order valence-electron chi connectivity index (χ1n) is 9.53. The van der Waals surface area contributed by atoms with Crippen molar-refractivity contribution >= 4 is 0 Å². The maximum absolute atomic E-state index is 8.75. The van der Waals surface area contributed by atoms with Gasteiger partial charge in [-0.3, -0.25) is 9.80 Å². The molecule has 0 bridgehead atoms. The second kappa shape index (κ2) is 10.9. The molecule has 0 aliphatic carbocycles. The molecule has 0 saturated carbocycles. The number of rotatable bonds is 9. The van der Waals surface area contributed by atoms with Gasteiger partial charge < -0.3 is 0 Å². The highest BCUT2D eigenvalue weighted by Crippen LogP contribution is 2.29. The van der Waals surface area contributed by atoms with Crippen LogP contribution in [0.3, 0.4) is 0 Å². The SMILES string of the molecule is C[C@@H]1CN(CCCCC#N)C[C@H](c2ccccc2)N1CCCCC#N. The van der Waals surface area contributed by atoms with Crippen LogP contribution in [0.15, 0.2) is 30.3 Å². The third-order valence-corrected chi connectivity index (χ3v) is 5.07. The van der Waals surface area contributed by atoms with Crippen molar-refractivity contribution in [3.8, 4) is 12.1 Å². The normalized spacial score (nSPS) is 21.6. The van der Waals surface area contributed by atoms with Crippen molar-refractivity contribution in [3.63, 3.8) is 0 Å². The highest BCUT2D eigenvalue weighted by Gasteiger charge is 2.32. The van der Waals surface area contributed by atoms with Crippen LogP contribution in [-0.4, -0.2) is 42.0 Å². The van der Waals surface area contributed by atoms with Crippen molar-refractivity contribution in [1.82, 2.24) is 9.80 Å². The molecule has 0 radical (unpaired) electrons. The summed E-state index contributed by atoms with van der Waals surface area (Å²) in [6, 6.07) is 16.2. The van der Waals surface area contributed by atoms with E-state index < -0.39 is 0 Å². The molecule has 134 valence electrons. The second-order valence-corrected chi connectivity index (χ2v) is 7.00. The standard InChI is InChI=1S/C21H30N4/c1-19-17-24(15-9-3-7-13-22)18-21(20-11-5-2-6-12-20)25(19)16-10-4-8-14-23/h2,5-6,11-12,19,21H,3-4,7-10,15-18H2,1H3/t19-,21-/m1/s1. The Bertz CT molecular complexity index is 572. The molecular weight excluding hydrogens is 308 g/mol. The second-order valence-electron chi connectivity index (χ2n) is 7.00. The van der Waals surface area contributed by atoms with E-state index in [1.807, 2.05) is 0 Å². The Hall–Kier alpha value is -1.88. The van der Waals surface area contributed by atoms with Crippen LogP contribution >= 0.6 is 0 Å². The summed E-state index contributed by atoms with van der Waals surface area (Å²) in [4.78, 5) is 5.18. The number of piperazine rings is 1. The summed E-state index contributed by atoms with van der Waals surface area (Å²) >= 11 is 0. The Labute approximate surface area is 152 Å². The number of unbranched alkanes of at least 4 members (excludes halogenated alkanes) is 4. The molecule has 0 N–H and O–H groups in total. The van der Waals surface area contributed by atoms with Gasteiger partial charge in [0.2, 0.25) is 0 Å². The zero-order valence-corrected chi connectivity index (χ0v) is 15.4. The van der Waals surface area contributed by atoms with Gasteiger partial charge in [0, 0.05) is 38.0 Å². The Morgan fingerprint density at radius 1 is 0.920 bits per heavy atom. The van der Waals surface area contributed by atoms with E-state index >= 15 is 0 Å². The summed E-state index contributed by atoms with van der Waals surface area (Å²) in [6.45, 7) is 6.61. The highest BCUT2D eigenvalue weighted by molar-refractivity contribution is 5.20. The van der Waals surface area contributed by atoms with E-state index in [-0.39, 0.29) is 0 Å². The Morgan fingerprint density at radius 3 is 2.20 bits per heavy atom. The molecule has 0 amide bonds. The fourth-order valence-electron chi connectivity index (χ4n) is 3.78. The van der Waals surface area contributed by atoms with E-state index in [2.05, 4.69) is 59.2 Å². The molecule has 1 aliphatic heterocycles. The Kier molecular flexibility index (Phi) is 8.46. The fraction of sp³-hybridized carbons (Fsp3) is 0.619. The minimum absolute atomic E-state index is 0.419. The monoisotopic (exact) mass is 338 g/mol. The molecule has 25 heavy (non-hydrogen) atoms. The van der Waals surface area contributed by atoms with E-state index in [4.69, 9.17) is 10.5 Å². The van der Waals surface area contributed by atoms with Crippen LogP contribution < -0.4 is 0 Å². The summed E-state index contributed by atoms with van der Waals surface area (Å²) in [6.07, 6.45) is 5.49. The summed E-state index contributed by atoms with van der Waals surface area (Å²) in [7, 11) is 0. The molecule has 0 spiro atoms. The lowest BCUT2D eigenvalue weighted by Crippen LogP contribution is -2.53. The molecule has 1 aromatic carbocycles. The molecule has 2 rings (SSSR count). The van der Waals surface area contributed by atoms with Crippen molar-refractivity contribution in [2.45, 2.75) is 57.5 Å². The molecule has 1 aliphatic rings. The van der Waals surface area contributed by atoms with Crippen molar-refractivity contribution < 1.29 is 0 Å². The fourth-order valence-corrected chi connectivity index (χ4v) is 3.78. The minimum Gasteiger partial charge on any atom is -0.300 e. The lowest BCUT2D eigenvalue weighted by Gasteiger charge is -2.46. The molecule has 2 atom stereocenters. The van der Waals surface area contributed by atoms with E-state index in [1.54, 1.807) is 0 Å². The van der Waals surface area contributed by atoms with Gasteiger partial charge in [-0.15, -0.1) is 0 Å². The van der Waals surface area contributed by atoms with Gasteiger partial charge in [0.15, 0.2) is 0 Å². The average molecular weight is 338 g/mol. The Morgan fingerprint density at radius 2 is 1.56 bits per heavy atom. The summed E-state index contributed by atoms with van der Waals surface area (Å²) in [5, 5.41) is 17.5. The first-order chi connectivity index (χ1) is 12.3. The summed E-state index contributed by atoms with van der Waals surface area (Å²) < 4.78 is 0. The van der Waals surface area contributed by atoms with Gasteiger partial charge in [-0.2, -0.15) is 10.5 Å². The first kappa shape index (κ1) is 19.4. The van der Waals surface area contributed by atoms with Crippen LogP contribution in [0.4, 0.5) is 0 Å². The largest absolute Gasteiger partial charge is 0.300 e. The van der Waals surface area contributed by atoms with Gasteiger partial charge in [-0.05, 0) is 51.3 Å². The molecular formula is C21H30N4. The lowest BCUT2D eigenvalue weighted by atomic mass is 9.98. The number of hydrogen-bond donors (Lipinski definition) is 0. The molecule has 0 unspecified atom stereocenters. The maximum atomic E-state index is 8.75. The third kappa shape index (κ3) is 6.16. The van der Waals surface area contributed by atoms with Crippen LogP contribution in [0.2, 0.25) is 0 Å². The molecule has 1 saturated heterocycles. The molecule has 1 aromatic rings. The number of nitrogens with zero attached hydrogens (tertiary/aromatic N) is 4. The Balaban J connectivity index is 2.00. The zero-order chi connectivity index (χ0) is 17.9. The van der Waals surface area contributed by atoms with Crippen molar-refractivity contribution in [2.75, 3.05) is 26.2 Å². The topological polar surface area (TPSA) is 54.1 Å². The van der Waals surface area contributed by atoms with Gasteiger partial charge >= 0.3 is 0 Å². The summed E-state index contributed by atoms with van der Waals surface area (Å²) in [5.74, 6) is 0. The smallest absolute Gasteiger partial charge is 0.0621 e. The molecule has 4 heteroatoms. The quantitative estimate of drug-likeness (QED) is 0.636. The summed E-state index contributed by atoms with van der Waals surface area (Å²) in [5.41, 5.74) is 1.39. The van der Waals surface area contributed by atoms with Crippen molar-refractivity contribution in [3.05, 3.63) is 35.9 Å². The van der Waals surface area contributed by atoms with Gasteiger partial charge in [0.05, 0.1) is 12.1 Å². The molecule has 1 fully saturated rings. The minimum atomic E-state index is 0.419. The molecule has 1 heterocycles. The number of nitriles is 2. The van der Waals surface area contributed by atoms with E-state index in [9.17, 15) is 0 Å². The van der Waals surface area contributed by atoms with E-state index in [0.29, 0.717) is 24.9 Å². The zero-order valence-electron chi connectivity index (χ0n) is 15.4. The van der Waals surface area contributed by atoms with E-state index in [0.717, 1.165) is 51.9 Å². The predicted molar refractivity (Wildman–Crippen MR) is 101 cm³/mol. The van der Waals surface area contributed by atoms with E-state index in [1.165, 1.54) is 5.56 Å². The van der Waals surface area contributed by atoms with Gasteiger partial charge in [-0.1, -0.05) is 30.3 Å². The van der Waals surface area contributed by atoms with Crippen molar-refractivity contribution in [1.29, 1.82) is 10.5 Å². The first-order valence-corrected chi connectivity index (χ1v) is 9.53. The lowest BCUT2D eigenvalue weighted by molar-refractivity contribution is 0.0281. The number of hydrogen-bond acceptors (Lipinski definition) is 4.